The van der Waals surface area contributed by atoms with Crippen molar-refractivity contribution in [3.8, 4) is 11.1 Å². The van der Waals surface area contributed by atoms with Crippen LogP contribution in [0.15, 0.2) is 42.6 Å². The number of nitrogens with zero attached hydrogens (tertiary/aromatic N) is 2. The highest BCUT2D eigenvalue weighted by molar-refractivity contribution is 5.66. The predicted octanol–water partition coefficient (Wildman–Crippen LogP) is 3.49. The summed E-state index contributed by atoms with van der Waals surface area (Å²) in [6, 6.07) is 13.2. The van der Waals surface area contributed by atoms with Gasteiger partial charge in [-0.1, -0.05) is 18.2 Å². The topological polar surface area (TPSA) is 42.1 Å². The molecule has 0 amide bonds. The largest absolute Gasteiger partial charge is 0.384 e. The third kappa shape index (κ3) is 2.68. The number of benzene rings is 1. The Morgan fingerprint density at radius 1 is 1.10 bits per heavy atom. The lowest BCUT2D eigenvalue weighted by molar-refractivity contribution is 0.263. The molecule has 0 aliphatic carbocycles. The molecule has 2 aromatic rings. The van der Waals surface area contributed by atoms with E-state index in [0.717, 1.165) is 5.56 Å². The Hall–Kier alpha value is -1.87. The Kier molecular flexibility index (Phi) is 3.70. The quantitative estimate of drug-likeness (QED) is 0.925. The van der Waals surface area contributed by atoms with Gasteiger partial charge in [0.15, 0.2) is 0 Å². The third-order valence-electron chi connectivity index (χ3n) is 4.17. The van der Waals surface area contributed by atoms with Gasteiger partial charge in [0, 0.05) is 12.2 Å². The third-order valence-corrected chi connectivity index (χ3v) is 4.17. The molecule has 0 saturated carbocycles. The first-order valence-electron chi connectivity index (χ1n) is 7.30. The van der Waals surface area contributed by atoms with Gasteiger partial charge in [-0.3, -0.25) is 4.90 Å². The van der Waals surface area contributed by atoms with Crippen LogP contribution in [0.4, 0.5) is 5.82 Å². The monoisotopic (exact) mass is 267 g/mol. The number of aromatic nitrogens is 1. The lowest BCUT2D eigenvalue weighted by Gasteiger charge is -2.24. The van der Waals surface area contributed by atoms with Gasteiger partial charge in [0.2, 0.25) is 0 Å². The molecule has 1 aliphatic rings. The fraction of sp³-hybridized carbons (Fsp3) is 0.353. The van der Waals surface area contributed by atoms with E-state index < -0.39 is 0 Å². The van der Waals surface area contributed by atoms with Crippen molar-refractivity contribution >= 4 is 5.82 Å². The Labute approximate surface area is 120 Å². The van der Waals surface area contributed by atoms with Gasteiger partial charge in [0.05, 0.1) is 0 Å². The molecule has 1 unspecified atom stereocenters. The predicted molar refractivity (Wildman–Crippen MR) is 83.3 cm³/mol. The number of nitrogen functional groups attached to an aromatic ring is 1. The molecule has 3 nitrogen and oxygen atoms in total. The Morgan fingerprint density at radius 3 is 2.60 bits per heavy atom. The second-order valence-corrected chi connectivity index (χ2v) is 5.51. The molecule has 104 valence electrons. The molecule has 1 fully saturated rings. The molecular weight excluding hydrogens is 246 g/mol. The highest BCUT2D eigenvalue weighted by Gasteiger charge is 2.19. The Morgan fingerprint density at radius 2 is 1.85 bits per heavy atom. The maximum Gasteiger partial charge on any atom is 0.123 e. The van der Waals surface area contributed by atoms with Crippen LogP contribution < -0.4 is 5.73 Å². The van der Waals surface area contributed by atoms with Crippen LogP contribution in [0.5, 0.6) is 0 Å². The Balaban J connectivity index is 1.89. The average Bonchev–Trinajstić information content (AvgIpc) is 3.01. The van der Waals surface area contributed by atoms with Crippen LogP contribution in [0.3, 0.4) is 0 Å². The first-order chi connectivity index (χ1) is 9.74. The van der Waals surface area contributed by atoms with E-state index in [1.54, 1.807) is 6.20 Å². The van der Waals surface area contributed by atoms with Gasteiger partial charge >= 0.3 is 0 Å². The molecule has 1 atom stereocenters. The molecule has 1 aromatic heterocycles. The zero-order valence-electron chi connectivity index (χ0n) is 11.9. The van der Waals surface area contributed by atoms with E-state index in [4.69, 9.17) is 5.73 Å². The molecule has 2 N–H and O–H groups in total. The summed E-state index contributed by atoms with van der Waals surface area (Å²) in [4.78, 5) is 6.61. The molecule has 3 rings (SSSR count). The number of likely N-dealkylation sites (tertiary alicyclic amines) is 1. The number of nitrogens with two attached hydrogens (primary N) is 1. The van der Waals surface area contributed by atoms with Gasteiger partial charge in [0.1, 0.15) is 5.82 Å². The SMILES string of the molecule is CC(c1cccc(-c2ccnc(N)c2)c1)N1CCCC1. The molecule has 1 aliphatic heterocycles. The highest BCUT2D eigenvalue weighted by atomic mass is 15.2. The number of hydrogen-bond acceptors (Lipinski definition) is 3. The molecule has 2 heterocycles. The Bertz CT molecular complexity index is 588. The molecule has 3 heteroatoms. The summed E-state index contributed by atoms with van der Waals surface area (Å²) in [7, 11) is 0. The fourth-order valence-electron chi connectivity index (χ4n) is 2.95. The van der Waals surface area contributed by atoms with Crippen molar-refractivity contribution < 1.29 is 0 Å². The van der Waals surface area contributed by atoms with E-state index in [2.05, 4.69) is 41.1 Å². The van der Waals surface area contributed by atoms with Crippen LogP contribution in [0.25, 0.3) is 11.1 Å². The first kappa shape index (κ1) is 13.1. The fourth-order valence-corrected chi connectivity index (χ4v) is 2.95. The first-order valence-corrected chi connectivity index (χ1v) is 7.30. The zero-order chi connectivity index (χ0) is 13.9. The standard InChI is InChI=1S/C17H21N3/c1-13(20-9-2-3-10-20)14-5-4-6-15(11-14)16-7-8-19-17(18)12-16/h4-8,11-13H,2-3,9-10H2,1H3,(H2,18,19). The minimum absolute atomic E-state index is 0.483. The summed E-state index contributed by atoms with van der Waals surface area (Å²) in [5, 5.41) is 0. The molecule has 1 saturated heterocycles. The van der Waals surface area contributed by atoms with Gasteiger partial charge < -0.3 is 5.73 Å². The van der Waals surface area contributed by atoms with Crippen molar-refractivity contribution in [1.82, 2.24) is 9.88 Å². The van der Waals surface area contributed by atoms with Crippen LogP contribution in [0.2, 0.25) is 0 Å². The zero-order valence-corrected chi connectivity index (χ0v) is 11.9. The van der Waals surface area contributed by atoms with Crippen LogP contribution >= 0.6 is 0 Å². The molecule has 1 aromatic carbocycles. The van der Waals surface area contributed by atoms with Crippen molar-refractivity contribution in [2.75, 3.05) is 18.8 Å². The van der Waals surface area contributed by atoms with Crippen LogP contribution in [-0.2, 0) is 0 Å². The van der Waals surface area contributed by atoms with Gasteiger partial charge in [-0.2, -0.15) is 0 Å². The van der Waals surface area contributed by atoms with Crippen LogP contribution in [-0.4, -0.2) is 23.0 Å². The van der Waals surface area contributed by atoms with Gasteiger partial charge in [-0.05, 0) is 67.7 Å². The lowest BCUT2D eigenvalue weighted by Crippen LogP contribution is -2.23. The van der Waals surface area contributed by atoms with Crippen molar-refractivity contribution in [2.24, 2.45) is 0 Å². The van der Waals surface area contributed by atoms with Crippen molar-refractivity contribution in [2.45, 2.75) is 25.8 Å². The normalized spacial score (nSPS) is 17.2. The number of anilines is 1. The minimum Gasteiger partial charge on any atom is -0.384 e. The van der Waals surface area contributed by atoms with E-state index in [1.165, 1.54) is 37.1 Å². The summed E-state index contributed by atoms with van der Waals surface area (Å²) < 4.78 is 0. The summed E-state index contributed by atoms with van der Waals surface area (Å²) in [5.41, 5.74) is 9.49. The minimum atomic E-state index is 0.483. The van der Waals surface area contributed by atoms with Crippen molar-refractivity contribution in [3.63, 3.8) is 0 Å². The number of hydrogen-bond donors (Lipinski definition) is 1. The van der Waals surface area contributed by atoms with E-state index in [9.17, 15) is 0 Å². The number of pyridine rings is 1. The van der Waals surface area contributed by atoms with Gasteiger partial charge in [0.25, 0.3) is 0 Å². The summed E-state index contributed by atoms with van der Waals surface area (Å²) in [6.45, 7) is 4.73. The maximum absolute atomic E-state index is 5.77. The van der Waals surface area contributed by atoms with Crippen LogP contribution in [0, 0.1) is 0 Å². The van der Waals surface area contributed by atoms with E-state index in [0.29, 0.717) is 11.9 Å². The highest BCUT2D eigenvalue weighted by Crippen LogP contribution is 2.28. The second kappa shape index (κ2) is 5.63. The van der Waals surface area contributed by atoms with Crippen LogP contribution in [0.1, 0.15) is 31.4 Å². The average molecular weight is 267 g/mol. The smallest absolute Gasteiger partial charge is 0.123 e. The van der Waals surface area contributed by atoms with E-state index in [-0.39, 0.29) is 0 Å². The van der Waals surface area contributed by atoms with E-state index >= 15 is 0 Å². The lowest BCUT2D eigenvalue weighted by atomic mass is 10.00. The second-order valence-electron chi connectivity index (χ2n) is 5.51. The van der Waals surface area contributed by atoms with Gasteiger partial charge in [-0.15, -0.1) is 0 Å². The summed E-state index contributed by atoms with van der Waals surface area (Å²) >= 11 is 0. The van der Waals surface area contributed by atoms with Gasteiger partial charge in [-0.25, -0.2) is 4.98 Å². The summed E-state index contributed by atoms with van der Waals surface area (Å²) in [6.07, 6.45) is 4.41. The molecular formula is C17H21N3. The van der Waals surface area contributed by atoms with Crippen molar-refractivity contribution in [3.05, 3.63) is 48.2 Å². The van der Waals surface area contributed by atoms with Crippen molar-refractivity contribution in [1.29, 1.82) is 0 Å². The van der Waals surface area contributed by atoms with E-state index in [1.807, 2.05) is 12.1 Å². The maximum atomic E-state index is 5.77. The molecule has 0 spiro atoms. The molecule has 20 heavy (non-hydrogen) atoms. The summed E-state index contributed by atoms with van der Waals surface area (Å²) in [5.74, 6) is 0.570. The molecule has 0 bridgehead atoms. The number of rotatable bonds is 3. The molecule has 0 radical (unpaired) electrons.